The van der Waals surface area contributed by atoms with Crippen LogP contribution in [-0.2, 0) is 4.79 Å². The number of Topliss-reactive ketones (excluding diaryl/α,β-unsaturated/α-hetero) is 1. The predicted molar refractivity (Wildman–Crippen MR) is 132 cm³/mol. The molecule has 3 aromatic carbocycles. The molecule has 0 fully saturated rings. The molecule has 4 aromatic rings. The van der Waals surface area contributed by atoms with Crippen LogP contribution in [0.4, 0.5) is 5.69 Å². The second-order valence-electron chi connectivity index (χ2n) is 7.80. The first-order chi connectivity index (χ1) is 16.5. The van der Waals surface area contributed by atoms with Gasteiger partial charge in [-0.1, -0.05) is 46.3 Å². The maximum Gasteiger partial charge on any atom is 0.294 e. The SMILES string of the molecule is CCOc1ccc(N2C(=O)C(O)=C(C(=O)c3cc4cc(Br)ccc4o3)C2c2ccccc2)cc1. The Morgan fingerprint density at radius 2 is 1.79 bits per heavy atom. The third kappa shape index (κ3) is 3.78. The van der Waals surface area contributed by atoms with Crippen LogP contribution in [0, 0.1) is 0 Å². The van der Waals surface area contributed by atoms with Gasteiger partial charge >= 0.3 is 0 Å². The van der Waals surface area contributed by atoms with E-state index in [0.717, 1.165) is 9.86 Å². The first-order valence-corrected chi connectivity index (χ1v) is 11.6. The molecule has 1 aliphatic rings. The molecule has 1 aromatic heterocycles. The lowest BCUT2D eigenvalue weighted by molar-refractivity contribution is -0.117. The van der Waals surface area contributed by atoms with E-state index in [9.17, 15) is 14.7 Å². The van der Waals surface area contributed by atoms with Gasteiger partial charge in [0.05, 0.1) is 18.2 Å². The van der Waals surface area contributed by atoms with Gasteiger partial charge in [-0.25, -0.2) is 0 Å². The van der Waals surface area contributed by atoms with Crippen LogP contribution in [0.3, 0.4) is 0 Å². The van der Waals surface area contributed by atoms with E-state index in [1.807, 2.05) is 49.4 Å². The Balaban J connectivity index is 1.61. The fourth-order valence-electron chi connectivity index (χ4n) is 4.18. The van der Waals surface area contributed by atoms with E-state index in [2.05, 4.69) is 15.9 Å². The van der Waals surface area contributed by atoms with Crippen molar-refractivity contribution in [1.82, 2.24) is 0 Å². The minimum Gasteiger partial charge on any atom is -0.503 e. The van der Waals surface area contributed by atoms with Gasteiger partial charge in [0, 0.05) is 15.5 Å². The van der Waals surface area contributed by atoms with Crippen molar-refractivity contribution in [2.24, 2.45) is 0 Å². The Kier molecular flexibility index (Phi) is 5.71. The van der Waals surface area contributed by atoms with Gasteiger partial charge in [0.25, 0.3) is 5.91 Å². The van der Waals surface area contributed by atoms with Gasteiger partial charge in [-0.05, 0) is 61.0 Å². The molecule has 0 spiro atoms. The number of benzene rings is 3. The number of halogens is 1. The van der Waals surface area contributed by atoms with Gasteiger partial charge in [0.1, 0.15) is 11.3 Å². The highest BCUT2D eigenvalue weighted by molar-refractivity contribution is 9.10. The normalized spacial score (nSPS) is 15.9. The van der Waals surface area contributed by atoms with Gasteiger partial charge in [-0.2, -0.15) is 0 Å². The number of anilines is 1. The number of rotatable bonds is 6. The molecule has 0 saturated heterocycles. The summed E-state index contributed by atoms with van der Waals surface area (Å²) in [5, 5.41) is 11.6. The summed E-state index contributed by atoms with van der Waals surface area (Å²) in [5.74, 6) is -1.07. The number of hydrogen-bond donors (Lipinski definition) is 1. The number of amides is 1. The molecule has 1 N–H and O–H groups in total. The lowest BCUT2D eigenvalue weighted by atomic mass is 9.95. The summed E-state index contributed by atoms with van der Waals surface area (Å²) in [4.78, 5) is 28.3. The van der Waals surface area contributed by atoms with E-state index in [1.54, 1.807) is 36.4 Å². The van der Waals surface area contributed by atoms with Crippen molar-refractivity contribution in [3.63, 3.8) is 0 Å². The van der Waals surface area contributed by atoms with E-state index in [1.165, 1.54) is 4.90 Å². The van der Waals surface area contributed by atoms with E-state index >= 15 is 0 Å². The molecule has 0 aliphatic carbocycles. The number of aliphatic hydroxyl groups excluding tert-OH is 1. The van der Waals surface area contributed by atoms with Gasteiger partial charge in [0.15, 0.2) is 11.5 Å². The van der Waals surface area contributed by atoms with Crippen LogP contribution in [0.1, 0.15) is 29.1 Å². The number of carbonyl (C=O) groups is 2. The van der Waals surface area contributed by atoms with E-state index in [0.29, 0.717) is 29.2 Å². The Morgan fingerprint density at radius 3 is 2.50 bits per heavy atom. The number of fused-ring (bicyclic) bond motifs is 1. The molecule has 1 aliphatic heterocycles. The first kappa shape index (κ1) is 22.0. The number of nitrogens with zero attached hydrogens (tertiary/aromatic N) is 1. The molecule has 0 radical (unpaired) electrons. The number of aliphatic hydroxyl groups is 1. The number of hydrogen-bond acceptors (Lipinski definition) is 5. The second kappa shape index (κ2) is 8.83. The minimum atomic E-state index is -0.820. The van der Waals surface area contributed by atoms with Crippen LogP contribution < -0.4 is 9.64 Å². The fourth-order valence-corrected chi connectivity index (χ4v) is 4.56. The number of ether oxygens (including phenoxy) is 1. The zero-order valence-electron chi connectivity index (χ0n) is 18.2. The number of furan rings is 1. The van der Waals surface area contributed by atoms with Crippen molar-refractivity contribution < 1.29 is 23.8 Å². The van der Waals surface area contributed by atoms with Crippen molar-refractivity contribution in [2.45, 2.75) is 13.0 Å². The molecule has 6 nitrogen and oxygen atoms in total. The summed E-state index contributed by atoms with van der Waals surface area (Å²) < 4.78 is 12.1. The molecule has 170 valence electrons. The highest BCUT2D eigenvalue weighted by atomic mass is 79.9. The third-order valence-corrected chi connectivity index (χ3v) is 6.19. The van der Waals surface area contributed by atoms with Crippen LogP contribution in [0.2, 0.25) is 0 Å². The first-order valence-electron chi connectivity index (χ1n) is 10.8. The summed E-state index contributed by atoms with van der Waals surface area (Å²) in [6.45, 7) is 2.41. The Labute approximate surface area is 204 Å². The molecule has 1 unspecified atom stereocenters. The largest absolute Gasteiger partial charge is 0.503 e. The topological polar surface area (TPSA) is 80.0 Å². The summed E-state index contributed by atoms with van der Waals surface area (Å²) in [6.07, 6.45) is 0. The molecule has 0 bridgehead atoms. The molecule has 7 heteroatoms. The maximum absolute atomic E-state index is 13.6. The van der Waals surface area contributed by atoms with E-state index in [4.69, 9.17) is 9.15 Å². The zero-order chi connectivity index (χ0) is 23.8. The summed E-state index contributed by atoms with van der Waals surface area (Å²) in [6, 6.07) is 22.3. The van der Waals surface area contributed by atoms with Crippen molar-refractivity contribution in [1.29, 1.82) is 0 Å². The number of carbonyl (C=O) groups excluding carboxylic acids is 2. The van der Waals surface area contributed by atoms with Crippen LogP contribution >= 0.6 is 15.9 Å². The van der Waals surface area contributed by atoms with Crippen LogP contribution in [-0.4, -0.2) is 23.4 Å². The standard InChI is InChI=1S/C27H20BrNO5/c1-2-33-20-11-9-19(10-12-20)29-24(16-6-4-3-5-7-16)23(26(31)27(29)32)25(30)22-15-17-14-18(28)8-13-21(17)34-22/h3-15,24,31H,2H2,1H3. The average molecular weight is 518 g/mol. The van der Waals surface area contributed by atoms with Crippen LogP contribution in [0.5, 0.6) is 5.75 Å². The molecule has 1 atom stereocenters. The highest BCUT2D eigenvalue weighted by Gasteiger charge is 2.45. The van der Waals surface area contributed by atoms with Gasteiger partial charge in [0.2, 0.25) is 5.78 Å². The summed E-state index contributed by atoms with van der Waals surface area (Å²) in [7, 11) is 0. The van der Waals surface area contributed by atoms with Crippen molar-refractivity contribution in [3.05, 3.63) is 106 Å². The smallest absolute Gasteiger partial charge is 0.294 e. The van der Waals surface area contributed by atoms with Crippen LogP contribution in [0.15, 0.2) is 99.1 Å². The van der Waals surface area contributed by atoms with Gasteiger partial charge < -0.3 is 14.3 Å². The Hall–Kier alpha value is -3.84. The van der Waals surface area contributed by atoms with E-state index in [-0.39, 0.29) is 11.3 Å². The lowest BCUT2D eigenvalue weighted by Crippen LogP contribution is -2.31. The molecule has 34 heavy (non-hydrogen) atoms. The molecule has 0 saturated carbocycles. The van der Waals surface area contributed by atoms with Crippen LogP contribution in [0.25, 0.3) is 11.0 Å². The average Bonchev–Trinajstić information content (AvgIpc) is 3.38. The minimum absolute atomic E-state index is 0.0248. The van der Waals surface area contributed by atoms with Gasteiger partial charge in [-0.3, -0.25) is 14.5 Å². The molecular weight excluding hydrogens is 498 g/mol. The third-order valence-electron chi connectivity index (χ3n) is 5.70. The summed E-state index contributed by atoms with van der Waals surface area (Å²) in [5.41, 5.74) is 1.74. The van der Waals surface area contributed by atoms with Crippen molar-refractivity contribution in [2.75, 3.05) is 11.5 Å². The molecule has 5 rings (SSSR count). The monoisotopic (exact) mass is 517 g/mol. The zero-order valence-corrected chi connectivity index (χ0v) is 19.8. The summed E-state index contributed by atoms with van der Waals surface area (Å²) >= 11 is 3.41. The fraction of sp³-hybridized carbons (Fsp3) is 0.111. The Bertz CT molecular complexity index is 1420. The lowest BCUT2D eigenvalue weighted by Gasteiger charge is -2.27. The second-order valence-corrected chi connectivity index (χ2v) is 8.72. The van der Waals surface area contributed by atoms with Gasteiger partial charge in [-0.15, -0.1) is 0 Å². The number of ketones is 1. The molecular formula is C27H20BrNO5. The highest BCUT2D eigenvalue weighted by Crippen LogP contribution is 2.42. The Morgan fingerprint density at radius 1 is 1.06 bits per heavy atom. The predicted octanol–water partition coefficient (Wildman–Crippen LogP) is 6.38. The van der Waals surface area contributed by atoms with Crippen molar-refractivity contribution >= 4 is 44.3 Å². The quantitative estimate of drug-likeness (QED) is 0.300. The van der Waals surface area contributed by atoms with Crippen molar-refractivity contribution in [3.8, 4) is 5.75 Å². The molecule has 1 amide bonds. The maximum atomic E-state index is 13.6. The van der Waals surface area contributed by atoms with E-state index < -0.39 is 23.5 Å². The molecule has 2 heterocycles.